The van der Waals surface area contributed by atoms with Gasteiger partial charge in [-0.1, -0.05) is 127 Å². The Kier molecular flexibility index (Phi) is 6.39. The molecule has 8 aromatic carbocycles. The third-order valence-electron chi connectivity index (χ3n) is 10.1. The molecule has 11 aromatic rings. The third-order valence-corrected chi connectivity index (χ3v) is 11.3. The van der Waals surface area contributed by atoms with Crippen molar-refractivity contribution in [2.45, 2.75) is 0 Å². The number of benzene rings is 8. The lowest BCUT2D eigenvalue weighted by Crippen LogP contribution is -2.01. The van der Waals surface area contributed by atoms with Crippen LogP contribution in [0.25, 0.3) is 109 Å². The van der Waals surface area contributed by atoms with E-state index in [-0.39, 0.29) is 0 Å². The Morgan fingerprint density at radius 3 is 1.94 bits per heavy atom. The second kappa shape index (κ2) is 11.4. The van der Waals surface area contributed by atoms with Crippen LogP contribution in [0.15, 0.2) is 168 Å². The van der Waals surface area contributed by atoms with E-state index in [1.807, 2.05) is 41.7 Å². The Hall–Kier alpha value is -6.69. The monoisotopic (exact) mass is 681 g/mol. The van der Waals surface area contributed by atoms with Crippen LogP contribution in [0, 0.1) is 0 Å². The molecule has 0 aliphatic carbocycles. The van der Waals surface area contributed by atoms with E-state index in [4.69, 9.17) is 19.4 Å². The van der Waals surface area contributed by atoms with Gasteiger partial charge >= 0.3 is 0 Å². The SMILES string of the molecule is c1ccc(-c2nc(-c3ccc4c(ccc5ccccc54)c3)nc(-c3c(-c4ccc5c(c4)sc4ccccc45)ccc4oc5ccccc5c34)n2)cc1. The van der Waals surface area contributed by atoms with Crippen molar-refractivity contribution in [1.29, 1.82) is 0 Å². The number of hydrogen-bond acceptors (Lipinski definition) is 5. The average Bonchev–Trinajstić information content (AvgIpc) is 3.78. The molecular formula is C47H27N3OS. The minimum absolute atomic E-state index is 0.603. The highest BCUT2D eigenvalue weighted by molar-refractivity contribution is 7.25. The van der Waals surface area contributed by atoms with Crippen LogP contribution in [-0.2, 0) is 0 Å². The van der Waals surface area contributed by atoms with Crippen LogP contribution in [0.4, 0.5) is 0 Å². The predicted molar refractivity (Wildman–Crippen MR) is 217 cm³/mol. The minimum atomic E-state index is 0.603. The van der Waals surface area contributed by atoms with Crippen LogP contribution in [-0.4, -0.2) is 15.0 Å². The van der Waals surface area contributed by atoms with Crippen molar-refractivity contribution in [3.05, 3.63) is 164 Å². The van der Waals surface area contributed by atoms with Gasteiger partial charge in [-0.25, -0.2) is 15.0 Å². The van der Waals surface area contributed by atoms with Crippen molar-refractivity contribution in [2.24, 2.45) is 0 Å². The summed E-state index contributed by atoms with van der Waals surface area (Å²) in [6.45, 7) is 0. The molecule has 52 heavy (non-hydrogen) atoms. The zero-order valence-electron chi connectivity index (χ0n) is 27.7. The molecule has 0 fully saturated rings. The Morgan fingerprint density at radius 2 is 1.04 bits per heavy atom. The summed E-state index contributed by atoms with van der Waals surface area (Å²) in [5.74, 6) is 1.84. The first-order chi connectivity index (χ1) is 25.7. The van der Waals surface area contributed by atoms with Crippen molar-refractivity contribution in [1.82, 2.24) is 15.0 Å². The Labute approximate surface area is 302 Å². The number of rotatable bonds is 4. The second-order valence-electron chi connectivity index (χ2n) is 13.2. The zero-order valence-corrected chi connectivity index (χ0v) is 28.6. The van der Waals surface area contributed by atoms with Crippen LogP contribution >= 0.6 is 11.3 Å². The van der Waals surface area contributed by atoms with Gasteiger partial charge in [0.2, 0.25) is 0 Å². The highest BCUT2D eigenvalue weighted by Gasteiger charge is 2.22. The quantitative estimate of drug-likeness (QED) is 0.174. The molecule has 0 radical (unpaired) electrons. The predicted octanol–water partition coefficient (Wildman–Crippen LogP) is 13.1. The molecule has 11 rings (SSSR count). The third kappa shape index (κ3) is 4.57. The van der Waals surface area contributed by atoms with E-state index in [9.17, 15) is 0 Å². The number of furan rings is 1. The summed E-state index contributed by atoms with van der Waals surface area (Å²) in [7, 11) is 0. The topological polar surface area (TPSA) is 51.8 Å². The van der Waals surface area contributed by atoms with Gasteiger partial charge in [-0.3, -0.25) is 0 Å². The highest BCUT2D eigenvalue weighted by Crippen LogP contribution is 2.44. The van der Waals surface area contributed by atoms with Crippen molar-refractivity contribution in [3.8, 4) is 45.3 Å². The van der Waals surface area contributed by atoms with Gasteiger partial charge < -0.3 is 4.42 Å². The van der Waals surface area contributed by atoms with Crippen molar-refractivity contribution >= 4 is 75.0 Å². The van der Waals surface area contributed by atoms with Gasteiger partial charge in [0.25, 0.3) is 0 Å². The number of thiophene rings is 1. The van der Waals surface area contributed by atoms with E-state index in [1.165, 1.54) is 36.3 Å². The molecule has 0 aliphatic heterocycles. The smallest absolute Gasteiger partial charge is 0.165 e. The van der Waals surface area contributed by atoms with E-state index < -0.39 is 0 Å². The highest BCUT2D eigenvalue weighted by atomic mass is 32.1. The van der Waals surface area contributed by atoms with Gasteiger partial charge in [0, 0.05) is 47.6 Å². The fourth-order valence-electron chi connectivity index (χ4n) is 7.67. The molecule has 0 spiro atoms. The van der Waals surface area contributed by atoms with Gasteiger partial charge in [0.1, 0.15) is 11.2 Å². The van der Waals surface area contributed by atoms with Crippen molar-refractivity contribution in [3.63, 3.8) is 0 Å². The van der Waals surface area contributed by atoms with Crippen molar-refractivity contribution < 1.29 is 4.42 Å². The van der Waals surface area contributed by atoms with Crippen molar-refractivity contribution in [2.75, 3.05) is 0 Å². The lowest BCUT2D eigenvalue weighted by atomic mass is 9.94. The van der Waals surface area contributed by atoms with Gasteiger partial charge in [0.15, 0.2) is 17.5 Å². The molecule has 3 heterocycles. The summed E-state index contributed by atoms with van der Waals surface area (Å²) >= 11 is 1.82. The summed E-state index contributed by atoms with van der Waals surface area (Å²) < 4.78 is 8.98. The number of fused-ring (bicyclic) bond motifs is 9. The Bertz CT molecular complexity index is 3200. The normalized spacial score (nSPS) is 11.8. The number of para-hydroxylation sites is 1. The first-order valence-corrected chi connectivity index (χ1v) is 18.2. The molecule has 0 atom stereocenters. The molecule has 3 aromatic heterocycles. The Morgan fingerprint density at radius 1 is 0.385 bits per heavy atom. The number of aromatic nitrogens is 3. The molecule has 0 unspecified atom stereocenters. The second-order valence-corrected chi connectivity index (χ2v) is 14.2. The van der Waals surface area contributed by atoms with Crippen LogP contribution < -0.4 is 0 Å². The maximum Gasteiger partial charge on any atom is 0.165 e. The van der Waals surface area contributed by atoms with Crippen LogP contribution in [0.3, 0.4) is 0 Å². The average molecular weight is 682 g/mol. The summed E-state index contributed by atoms with van der Waals surface area (Å²) in [6.07, 6.45) is 0. The van der Waals surface area contributed by atoms with E-state index in [0.717, 1.165) is 55.1 Å². The largest absolute Gasteiger partial charge is 0.456 e. The molecule has 0 bridgehead atoms. The fraction of sp³-hybridized carbons (Fsp3) is 0. The number of nitrogens with zero attached hydrogens (tertiary/aromatic N) is 3. The zero-order chi connectivity index (χ0) is 34.2. The standard InChI is InChI=1S/C47H27N3OS/c1-2-11-29(12-3-1)45-48-46(32-21-22-34-30(26-32)19-18-28-10-4-5-13-33(28)34)50-47(49-45)44-35(24-25-40-43(44)38-15-6-8-16-39(38)51-40)31-20-23-37-36-14-7-9-17-41(36)52-42(37)27-31/h1-27H. The molecule has 242 valence electrons. The molecule has 0 N–H and O–H groups in total. The van der Waals surface area contributed by atoms with Gasteiger partial charge in [-0.15, -0.1) is 11.3 Å². The Balaban J connectivity index is 1.20. The van der Waals surface area contributed by atoms with E-state index in [0.29, 0.717) is 17.5 Å². The lowest BCUT2D eigenvalue weighted by Gasteiger charge is -2.14. The molecule has 5 heteroatoms. The van der Waals surface area contributed by atoms with E-state index in [2.05, 4.69) is 133 Å². The number of hydrogen-bond donors (Lipinski definition) is 0. The van der Waals surface area contributed by atoms with Crippen LogP contribution in [0.1, 0.15) is 0 Å². The molecule has 4 nitrogen and oxygen atoms in total. The summed E-state index contributed by atoms with van der Waals surface area (Å²) in [6, 6.07) is 57.4. The maximum atomic E-state index is 6.46. The van der Waals surface area contributed by atoms with Gasteiger partial charge in [-0.2, -0.15) is 0 Å². The summed E-state index contributed by atoms with van der Waals surface area (Å²) in [5, 5.41) is 9.35. The molecule has 0 amide bonds. The lowest BCUT2D eigenvalue weighted by molar-refractivity contribution is 0.669. The van der Waals surface area contributed by atoms with E-state index in [1.54, 1.807) is 0 Å². The fourth-order valence-corrected chi connectivity index (χ4v) is 8.81. The van der Waals surface area contributed by atoms with E-state index >= 15 is 0 Å². The van der Waals surface area contributed by atoms with Gasteiger partial charge in [-0.05, 0) is 69.1 Å². The minimum Gasteiger partial charge on any atom is -0.456 e. The van der Waals surface area contributed by atoms with Gasteiger partial charge in [0.05, 0.1) is 0 Å². The summed E-state index contributed by atoms with van der Waals surface area (Å²) in [5.41, 5.74) is 6.55. The molecule has 0 aliphatic rings. The molecule has 0 saturated carbocycles. The first kappa shape index (κ1) is 29.1. The first-order valence-electron chi connectivity index (χ1n) is 17.3. The molecular weight excluding hydrogens is 655 g/mol. The maximum absolute atomic E-state index is 6.46. The summed E-state index contributed by atoms with van der Waals surface area (Å²) in [4.78, 5) is 15.7. The molecule has 0 saturated heterocycles. The van der Waals surface area contributed by atoms with Crippen LogP contribution in [0.2, 0.25) is 0 Å². The van der Waals surface area contributed by atoms with Crippen LogP contribution in [0.5, 0.6) is 0 Å².